The van der Waals surface area contributed by atoms with Gasteiger partial charge in [0.25, 0.3) is 5.91 Å². The molecule has 2 aromatic heterocycles. The van der Waals surface area contributed by atoms with Crippen molar-refractivity contribution in [1.82, 2.24) is 24.3 Å². The van der Waals surface area contributed by atoms with Crippen molar-refractivity contribution < 1.29 is 9.53 Å². The zero-order valence-corrected chi connectivity index (χ0v) is 19.1. The molecule has 1 aromatic carbocycles. The van der Waals surface area contributed by atoms with E-state index in [0.29, 0.717) is 24.5 Å². The second-order valence-electron chi connectivity index (χ2n) is 8.29. The summed E-state index contributed by atoms with van der Waals surface area (Å²) in [5.41, 5.74) is 1.52. The van der Waals surface area contributed by atoms with Crippen molar-refractivity contribution in [2.24, 2.45) is 0 Å². The number of carbonyl (C=O) groups is 1. The largest absolute Gasteiger partial charge is 0.491 e. The number of rotatable bonds is 8. The minimum absolute atomic E-state index is 0.00275. The van der Waals surface area contributed by atoms with Crippen molar-refractivity contribution in [3.8, 4) is 11.6 Å². The van der Waals surface area contributed by atoms with E-state index >= 15 is 0 Å². The van der Waals surface area contributed by atoms with Crippen LogP contribution >= 0.6 is 0 Å². The Morgan fingerprint density at radius 3 is 2.84 bits per heavy atom. The fraction of sp³-hybridized carbons (Fsp3) is 0.400. The molecule has 1 aliphatic heterocycles. The van der Waals surface area contributed by atoms with E-state index in [-0.39, 0.29) is 11.9 Å². The maximum atomic E-state index is 13.6. The van der Waals surface area contributed by atoms with Crippen LogP contribution in [-0.4, -0.2) is 64.0 Å². The number of likely N-dealkylation sites (tertiary alicyclic amines) is 1. The number of hydrogen-bond donors (Lipinski definition) is 0. The molecule has 1 unspecified atom stereocenters. The Hall–Kier alpha value is -3.19. The van der Waals surface area contributed by atoms with Crippen molar-refractivity contribution in [2.45, 2.75) is 32.2 Å². The van der Waals surface area contributed by atoms with Crippen LogP contribution in [0.3, 0.4) is 0 Å². The summed E-state index contributed by atoms with van der Waals surface area (Å²) < 4.78 is 7.96. The number of ether oxygens (including phenoxy) is 1. The standard InChI is InChI=1S/C25H31N5O2/c1-4-23-26-14-16-30(23)24-13-7-10-20(27-24)21-11-8-15-29(21)25(31)19-9-5-6-12-22(19)32-18-17-28(2)3/h5-7,9-10,12-14,16,21H,4,8,11,15,17-18H2,1-3H3. The molecule has 0 N–H and O–H groups in total. The third kappa shape index (κ3) is 4.67. The van der Waals surface area contributed by atoms with E-state index in [9.17, 15) is 4.79 Å². The summed E-state index contributed by atoms with van der Waals surface area (Å²) in [6, 6.07) is 13.5. The Morgan fingerprint density at radius 1 is 1.19 bits per heavy atom. The fourth-order valence-electron chi connectivity index (χ4n) is 4.14. The number of amides is 1. The second-order valence-corrected chi connectivity index (χ2v) is 8.29. The van der Waals surface area contributed by atoms with Gasteiger partial charge in [-0.3, -0.25) is 9.36 Å². The Morgan fingerprint density at radius 2 is 2.03 bits per heavy atom. The van der Waals surface area contributed by atoms with Gasteiger partial charge in [-0.15, -0.1) is 0 Å². The van der Waals surface area contributed by atoms with Crippen LogP contribution in [0, 0.1) is 0 Å². The van der Waals surface area contributed by atoms with Gasteiger partial charge in [0.15, 0.2) is 0 Å². The Balaban J connectivity index is 1.57. The molecule has 1 aliphatic rings. The molecule has 3 heterocycles. The molecule has 0 radical (unpaired) electrons. The Kier molecular flexibility index (Phi) is 6.85. The fourth-order valence-corrected chi connectivity index (χ4v) is 4.14. The predicted molar refractivity (Wildman–Crippen MR) is 124 cm³/mol. The van der Waals surface area contributed by atoms with Crippen molar-refractivity contribution in [1.29, 1.82) is 0 Å². The first-order valence-electron chi connectivity index (χ1n) is 11.3. The highest BCUT2D eigenvalue weighted by Crippen LogP contribution is 2.34. The van der Waals surface area contributed by atoms with E-state index in [1.807, 2.05) is 72.2 Å². The molecule has 0 saturated carbocycles. The molecular formula is C25H31N5O2. The average molecular weight is 434 g/mol. The summed E-state index contributed by atoms with van der Waals surface area (Å²) >= 11 is 0. The Labute approximate surface area is 189 Å². The van der Waals surface area contributed by atoms with E-state index in [4.69, 9.17) is 9.72 Å². The highest BCUT2D eigenvalue weighted by atomic mass is 16.5. The number of benzene rings is 1. The molecule has 7 nitrogen and oxygen atoms in total. The molecule has 1 fully saturated rings. The van der Waals surface area contributed by atoms with Crippen LogP contribution < -0.4 is 4.74 Å². The summed E-state index contributed by atoms with van der Waals surface area (Å²) in [6.45, 7) is 4.12. The third-order valence-corrected chi connectivity index (χ3v) is 5.80. The van der Waals surface area contributed by atoms with Gasteiger partial charge >= 0.3 is 0 Å². The third-order valence-electron chi connectivity index (χ3n) is 5.80. The highest BCUT2D eigenvalue weighted by molar-refractivity contribution is 5.97. The Bertz CT molecular complexity index is 1060. The molecule has 4 rings (SSSR count). The van der Waals surface area contributed by atoms with E-state index in [1.54, 1.807) is 6.20 Å². The molecule has 0 bridgehead atoms. The molecule has 0 aliphatic carbocycles. The first kappa shape index (κ1) is 22.0. The summed E-state index contributed by atoms with van der Waals surface area (Å²) in [4.78, 5) is 26.9. The van der Waals surface area contributed by atoms with Crippen LogP contribution in [0.25, 0.3) is 5.82 Å². The quantitative estimate of drug-likeness (QED) is 0.541. The van der Waals surface area contributed by atoms with Crippen molar-refractivity contribution >= 4 is 5.91 Å². The van der Waals surface area contributed by atoms with Gasteiger partial charge in [0, 0.05) is 31.9 Å². The maximum Gasteiger partial charge on any atom is 0.258 e. The van der Waals surface area contributed by atoms with Gasteiger partial charge in [0.2, 0.25) is 0 Å². The molecule has 0 spiro atoms. The number of aryl methyl sites for hydroxylation is 1. The first-order valence-corrected chi connectivity index (χ1v) is 11.3. The van der Waals surface area contributed by atoms with E-state index in [2.05, 4.69) is 16.8 Å². The number of nitrogens with zero attached hydrogens (tertiary/aromatic N) is 5. The van der Waals surface area contributed by atoms with Crippen molar-refractivity contribution in [3.05, 3.63) is 71.9 Å². The lowest BCUT2D eigenvalue weighted by Crippen LogP contribution is -2.31. The molecule has 1 atom stereocenters. The van der Waals surface area contributed by atoms with E-state index in [1.165, 1.54) is 0 Å². The molecule has 1 amide bonds. The van der Waals surface area contributed by atoms with Crippen LogP contribution in [0.15, 0.2) is 54.9 Å². The minimum Gasteiger partial charge on any atom is -0.491 e. The zero-order valence-electron chi connectivity index (χ0n) is 19.1. The van der Waals surface area contributed by atoms with Gasteiger partial charge in [-0.05, 0) is 51.2 Å². The normalized spacial score (nSPS) is 16.0. The summed E-state index contributed by atoms with van der Waals surface area (Å²) in [7, 11) is 4.01. The van der Waals surface area contributed by atoms with Crippen molar-refractivity contribution in [3.63, 3.8) is 0 Å². The lowest BCUT2D eigenvalue weighted by molar-refractivity contribution is 0.0728. The topological polar surface area (TPSA) is 63.5 Å². The van der Waals surface area contributed by atoms with Gasteiger partial charge in [-0.2, -0.15) is 0 Å². The smallest absolute Gasteiger partial charge is 0.258 e. The molecule has 7 heteroatoms. The van der Waals surface area contributed by atoms with Crippen LogP contribution in [-0.2, 0) is 6.42 Å². The summed E-state index contributed by atoms with van der Waals surface area (Å²) in [6.07, 6.45) is 6.42. The summed E-state index contributed by atoms with van der Waals surface area (Å²) in [5.74, 6) is 2.44. The highest BCUT2D eigenvalue weighted by Gasteiger charge is 2.33. The predicted octanol–water partition coefficient (Wildman–Crippen LogP) is 3.75. The number of likely N-dealkylation sites (N-methyl/N-ethyl adjacent to an activating group) is 1. The monoisotopic (exact) mass is 433 g/mol. The van der Waals surface area contributed by atoms with Gasteiger partial charge in [0.05, 0.1) is 17.3 Å². The molecule has 32 heavy (non-hydrogen) atoms. The van der Waals surface area contributed by atoms with E-state index < -0.39 is 0 Å². The van der Waals surface area contributed by atoms with Gasteiger partial charge in [-0.25, -0.2) is 9.97 Å². The molecule has 1 saturated heterocycles. The van der Waals surface area contributed by atoms with Gasteiger partial charge in [-0.1, -0.05) is 25.1 Å². The number of aromatic nitrogens is 3. The maximum absolute atomic E-state index is 13.6. The number of para-hydroxylation sites is 1. The number of pyridine rings is 1. The first-order chi connectivity index (χ1) is 15.6. The van der Waals surface area contributed by atoms with Crippen LogP contribution in [0.2, 0.25) is 0 Å². The zero-order chi connectivity index (χ0) is 22.5. The minimum atomic E-state index is -0.0501. The van der Waals surface area contributed by atoms with Crippen molar-refractivity contribution in [2.75, 3.05) is 33.8 Å². The van der Waals surface area contributed by atoms with Crippen LogP contribution in [0.1, 0.15) is 47.7 Å². The number of carbonyl (C=O) groups excluding carboxylic acids is 1. The number of hydrogen-bond acceptors (Lipinski definition) is 5. The lowest BCUT2D eigenvalue weighted by atomic mass is 10.1. The van der Waals surface area contributed by atoms with Crippen LogP contribution in [0.4, 0.5) is 0 Å². The summed E-state index contributed by atoms with van der Waals surface area (Å²) in [5, 5.41) is 0. The lowest BCUT2D eigenvalue weighted by Gasteiger charge is -2.26. The van der Waals surface area contributed by atoms with Gasteiger partial charge in [0.1, 0.15) is 24.0 Å². The molecule has 3 aromatic rings. The van der Waals surface area contributed by atoms with E-state index in [0.717, 1.165) is 43.1 Å². The molecule has 168 valence electrons. The SMILES string of the molecule is CCc1nccn1-c1cccc(C2CCCN2C(=O)c2ccccc2OCCN(C)C)n1. The average Bonchev–Trinajstić information content (AvgIpc) is 3.48. The second kappa shape index (κ2) is 9.96. The molecular weight excluding hydrogens is 402 g/mol. The number of imidazole rings is 1. The van der Waals surface area contributed by atoms with Crippen LogP contribution in [0.5, 0.6) is 5.75 Å². The van der Waals surface area contributed by atoms with Gasteiger partial charge < -0.3 is 14.5 Å².